The highest BCUT2D eigenvalue weighted by Crippen LogP contribution is 2.05. The molecular weight excluding hydrogens is 222 g/mol. The molecule has 0 saturated carbocycles. The first-order valence-electron chi connectivity index (χ1n) is 6.84. The lowest BCUT2D eigenvalue weighted by atomic mass is 10.2. The van der Waals surface area contributed by atoms with E-state index in [1.165, 1.54) is 0 Å². The molecule has 1 aromatic heterocycles. The van der Waals surface area contributed by atoms with Gasteiger partial charge in [-0.2, -0.15) is 0 Å². The zero-order valence-corrected chi connectivity index (χ0v) is 12.4. The Morgan fingerprint density at radius 2 is 1.83 bits per heavy atom. The van der Waals surface area contributed by atoms with E-state index in [0.717, 1.165) is 31.0 Å². The fourth-order valence-corrected chi connectivity index (χ4v) is 1.64. The lowest BCUT2D eigenvalue weighted by Crippen LogP contribution is -2.26. The monoisotopic (exact) mass is 249 g/mol. The average molecular weight is 249 g/mol. The standard InChI is InChI=1S/C15H27N3/c1-12(2)9-16-10-14-7-6-8-15(17-14)11-18(5)13(3)4/h6-8,12-13,16H,9-11H2,1-5H3. The van der Waals surface area contributed by atoms with Gasteiger partial charge in [-0.3, -0.25) is 9.88 Å². The van der Waals surface area contributed by atoms with Gasteiger partial charge in [0, 0.05) is 19.1 Å². The Morgan fingerprint density at radius 1 is 1.17 bits per heavy atom. The van der Waals surface area contributed by atoms with Crippen molar-refractivity contribution >= 4 is 0 Å². The molecule has 1 rings (SSSR count). The maximum Gasteiger partial charge on any atom is 0.0547 e. The zero-order valence-electron chi connectivity index (χ0n) is 12.4. The maximum atomic E-state index is 4.69. The Labute approximate surface area is 112 Å². The Hall–Kier alpha value is -0.930. The number of pyridine rings is 1. The highest BCUT2D eigenvalue weighted by molar-refractivity contribution is 5.11. The Bertz CT molecular complexity index is 347. The van der Waals surface area contributed by atoms with Crippen LogP contribution >= 0.6 is 0 Å². The molecule has 0 aromatic carbocycles. The van der Waals surface area contributed by atoms with Crippen molar-refractivity contribution in [2.75, 3.05) is 13.6 Å². The van der Waals surface area contributed by atoms with Crippen molar-refractivity contribution in [1.29, 1.82) is 0 Å². The fourth-order valence-electron chi connectivity index (χ4n) is 1.64. The summed E-state index contributed by atoms with van der Waals surface area (Å²) in [6, 6.07) is 6.84. The van der Waals surface area contributed by atoms with E-state index in [2.05, 4.69) is 68.1 Å². The molecule has 3 heteroatoms. The van der Waals surface area contributed by atoms with E-state index in [1.807, 2.05) is 0 Å². The largest absolute Gasteiger partial charge is 0.311 e. The number of nitrogens with one attached hydrogen (secondary N) is 1. The van der Waals surface area contributed by atoms with E-state index in [9.17, 15) is 0 Å². The average Bonchev–Trinajstić information content (AvgIpc) is 2.28. The lowest BCUT2D eigenvalue weighted by molar-refractivity contribution is 0.262. The fraction of sp³-hybridized carbons (Fsp3) is 0.667. The molecule has 18 heavy (non-hydrogen) atoms. The van der Waals surface area contributed by atoms with Crippen LogP contribution in [0, 0.1) is 5.92 Å². The van der Waals surface area contributed by atoms with Gasteiger partial charge in [0.1, 0.15) is 0 Å². The van der Waals surface area contributed by atoms with E-state index >= 15 is 0 Å². The lowest BCUT2D eigenvalue weighted by Gasteiger charge is -2.20. The van der Waals surface area contributed by atoms with Crippen LogP contribution in [-0.4, -0.2) is 29.5 Å². The number of rotatable bonds is 7. The summed E-state index contributed by atoms with van der Waals surface area (Å²) >= 11 is 0. The minimum atomic E-state index is 0.550. The molecule has 0 amide bonds. The van der Waals surface area contributed by atoms with Crippen LogP contribution in [-0.2, 0) is 13.1 Å². The van der Waals surface area contributed by atoms with E-state index < -0.39 is 0 Å². The molecule has 0 aliphatic carbocycles. The Balaban J connectivity index is 2.51. The van der Waals surface area contributed by atoms with Crippen LogP contribution in [0.25, 0.3) is 0 Å². The van der Waals surface area contributed by atoms with Crippen LogP contribution in [0.1, 0.15) is 39.1 Å². The number of hydrogen-bond donors (Lipinski definition) is 1. The topological polar surface area (TPSA) is 28.2 Å². The van der Waals surface area contributed by atoms with Crippen molar-refractivity contribution in [2.24, 2.45) is 5.92 Å². The van der Waals surface area contributed by atoms with Crippen molar-refractivity contribution in [1.82, 2.24) is 15.2 Å². The molecule has 0 aliphatic rings. The zero-order chi connectivity index (χ0) is 13.5. The van der Waals surface area contributed by atoms with Crippen molar-refractivity contribution in [3.8, 4) is 0 Å². The predicted octanol–water partition coefficient (Wildman–Crippen LogP) is 2.67. The van der Waals surface area contributed by atoms with E-state index in [4.69, 9.17) is 0 Å². The summed E-state index contributed by atoms with van der Waals surface area (Å²) in [5, 5.41) is 3.43. The summed E-state index contributed by atoms with van der Waals surface area (Å²) in [4.78, 5) is 6.99. The Morgan fingerprint density at radius 3 is 2.44 bits per heavy atom. The van der Waals surface area contributed by atoms with Gasteiger partial charge in [0.25, 0.3) is 0 Å². The van der Waals surface area contributed by atoms with Gasteiger partial charge in [-0.15, -0.1) is 0 Å². The predicted molar refractivity (Wildman–Crippen MR) is 77.4 cm³/mol. The van der Waals surface area contributed by atoms with Crippen LogP contribution in [0.5, 0.6) is 0 Å². The van der Waals surface area contributed by atoms with Crippen LogP contribution in [0.2, 0.25) is 0 Å². The first kappa shape index (κ1) is 15.1. The van der Waals surface area contributed by atoms with Gasteiger partial charge in [-0.05, 0) is 45.5 Å². The third-order valence-electron chi connectivity index (χ3n) is 3.02. The Kier molecular flexibility index (Phi) is 6.30. The maximum absolute atomic E-state index is 4.69. The van der Waals surface area contributed by atoms with Crippen molar-refractivity contribution in [3.63, 3.8) is 0 Å². The second kappa shape index (κ2) is 7.49. The minimum absolute atomic E-state index is 0.550. The van der Waals surface area contributed by atoms with Gasteiger partial charge in [0.2, 0.25) is 0 Å². The molecule has 0 radical (unpaired) electrons. The number of hydrogen-bond acceptors (Lipinski definition) is 3. The van der Waals surface area contributed by atoms with Crippen LogP contribution < -0.4 is 5.32 Å². The van der Waals surface area contributed by atoms with E-state index in [0.29, 0.717) is 12.0 Å². The van der Waals surface area contributed by atoms with Crippen molar-refractivity contribution < 1.29 is 0 Å². The molecule has 0 spiro atoms. The second-order valence-corrected chi connectivity index (χ2v) is 5.65. The molecule has 102 valence electrons. The minimum Gasteiger partial charge on any atom is -0.311 e. The molecule has 0 fully saturated rings. The highest BCUT2D eigenvalue weighted by atomic mass is 15.1. The summed E-state index contributed by atoms with van der Waals surface area (Å²) in [5.74, 6) is 0.681. The molecule has 3 nitrogen and oxygen atoms in total. The molecule has 1 N–H and O–H groups in total. The third kappa shape index (κ3) is 5.61. The van der Waals surface area contributed by atoms with Gasteiger partial charge in [0.15, 0.2) is 0 Å². The van der Waals surface area contributed by atoms with Gasteiger partial charge < -0.3 is 5.32 Å². The summed E-state index contributed by atoms with van der Waals surface area (Å²) in [7, 11) is 2.13. The summed E-state index contributed by atoms with van der Waals surface area (Å²) < 4.78 is 0. The van der Waals surface area contributed by atoms with Gasteiger partial charge in [0.05, 0.1) is 11.4 Å². The molecule has 1 heterocycles. The third-order valence-corrected chi connectivity index (χ3v) is 3.02. The van der Waals surface area contributed by atoms with Gasteiger partial charge in [-0.1, -0.05) is 19.9 Å². The van der Waals surface area contributed by atoms with E-state index in [1.54, 1.807) is 0 Å². The molecule has 0 bridgehead atoms. The van der Waals surface area contributed by atoms with E-state index in [-0.39, 0.29) is 0 Å². The summed E-state index contributed by atoms with van der Waals surface area (Å²) in [5.41, 5.74) is 2.28. The normalized spacial score (nSPS) is 11.8. The van der Waals surface area contributed by atoms with Crippen LogP contribution in [0.3, 0.4) is 0 Å². The first-order chi connectivity index (χ1) is 8.49. The van der Waals surface area contributed by atoms with Crippen molar-refractivity contribution in [3.05, 3.63) is 29.6 Å². The summed E-state index contributed by atoms with van der Waals surface area (Å²) in [6.45, 7) is 11.6. The molecule has 1 aromatic rings. The molecule has 0 unspecified atom stereocenters. The molecule has 0 aliphatic heterocycles. The second-order valence-electron chi connectivity index (χ2n) is 5.65. The first-order valence-corrected chi connectivity index (χ1v) is 6.84. The van der Waals surface area contributed by atoms with Crippen molar-refractivity contribution in [2.45, 2.75) is 46.8 Å². The highest BCUT2D eigenvalue weighted by Gasteiger charge is 2.05. The van der Waals surface area contributed by atoms with Crippen LogP contribution in [0.15, 0.2) is 18.2 Å². The SMILES string of the molecule is CC(C)CNCc1cccc(CN(C)C(C)C)n1. The van der Waals surface area contributed by atoms with Gasteiger partial charge >= 0.3 is 0 Å². The molecular formula is C15H27N3. The smallest absolute Gasteiger partial charge is 0.0547 e. The quantitative estimate of drug-likeness (QED) is 0.805. The van der Waals surface area contributed by atoms with Crippen LogP contribution in [0.4, 0.5) is 0 Å². The van der Waals surface area contributed by atoms with Gasteiger partial charge in [-0.25, -0.2) is 0 Å². The number of aromatic nitrogens is 1. The molecule has 0 atom stereocenters. The summed E-state index contributed by atoms with van der Waals surface area (Å²) in [6.07, 6.45) is 0. The molecule has 0 saturated heterocycles. The number of nitrogens with zero attached hydrogens (tertiary/aromatic N) is 2.